The summed E-state index contributed by atoms with van der Waals surface area (Å²) in [5, 5.41) is 7.46. The van der Waals surface area contributed by atoms with E-state index in [1.54, 1.807) is 0 Å². The van der Waals surface area contributed by atoms with Gasteiger partial charge >= 0.3 is 0 Å². The Labute approximate surface area is 151 Å². The number of hydroxylamine groups is 1. The Bertz CT molecular complexity index is 432. The summed E-state index contributed by atoms with van der Waals surface area (Å²) in [6.07, 6.45) is 5.73. The lowest BCUT2D eigenvalue weighted by molar-refractivity contribution is -0.0324. The van der Waals surface area contributed by atoms with Crippen LogP contribution in [-0.2, 0) is 9.57 Å². The number of likely N-dealkylation sites (tertiary alicyclic amines) is 1. The normalized spacial score (nSPS) is 41.6. The van der Waals surface area contributed by atoms with Gasteiger partial charge in [0.2, 0.25) is 0 Å². The van der Waals surface area contributed by atoms with E-state index in [4.69, 9.17) is 9.57 Å². The molecule has 0 spiro atoms. The highest BCUT2D eigenvalue weighted by molar-refractivity contribution is 4.92. The average Bonchev–Trinajstić information content (AvgIpc) is 3.32. The van der Waals surface area contributed by atoms with Gasteiger partial charge in [-0.2, -0.15) is 5.48 Å². The molecule has 4 saturated heterocycles. The number of hydrogen-bond donors (Lipinski definition) is 3. The third-order valence-corrected chi connectivity index (χ3v) is 6.40. The number of hydrogen-bond acceptors (Lipinski definition) is 7. The minimum atomic E-state index is 0.117. The summed E-state index contributed by atoms with van der Waals surface area (Å²) in [6.45, 7) is 10.7. The molecular formula is C18H35N5O2. The van der Waals surface area contributed by atoms with Gasteiger partial charge in [-0.1, -0.05) is 0 Å². The molecule has 0 aromatic carbocycles. The quantitative estimate of drug-likeness (QED) is 0.672. The SMILES string of the molecule is CC(C)N1CCCC1C1NC(C2CCNC(N3CCOCC3)C2)NO1. The number of nitrogens with one attached hydrogen (secondary N) is 3. The Morgan fingerprint density at radius 2 is 1.92 bits per heavy atom. The van der Waals surface area contributed by atoms with E-state index in [2.05, 4.69) is 39.8 Å². The lowest BCUT2D eigenvalue weighted by Crippen LogP contribution is -2.57. The van der Waals surface area contributed by atoms with E-state index < -0.39 is 0 Å². The van der Waals surface area contributed by atoms with E-state index in [0.29, 0.717) is 24.2 Å². The van der Waals surface area contributed by atoms with Crippen molar-refractivity contribution in [3.8, 4) is 0 Å². The minimum Gasteiger partial charge on any atom is -0.379 e. The molecule has 0 aromatic heterocycles. The zero-order valence-electron chi connectivity index (χ0n) is 15.7. The fourth-order valence-corrected chi connectivity index (χ4v) is 4.99. The first-order valence-electron chi connectivity index (χ1n) is 10.2. The van der Waals surface area contributed by atoms with Crippen molar-refractivity contribution in [3.63, 3.8) is 0 Å². The summed E-state index contributed by atoms with van der Waals surface area (Å²) in [4.78, 5) is 11.1. The van der Waals surface area contributed by atoms with Gasteiger partial charge in [-0.05, 0) is 58.5 Å². The molecule has 0 aromatic rings. The van der Waals surface area contributed by atoms with E-state index in [-0.39, 0.29) is 12.4 Å². The first-order valence-corrected chi connectivity index (χ1v) is 10.2. The van der Waals surface area contributed by atoms with Crippen LogP contribution in [-0.4, -0.2) is 79.8 Å². The highest BCUT2D eigenvalue weighted by Crippen LogP contribution is 2.28. The summed E-state index contributed by atoms with van der Waals surface area (Å²) < 4.78 is 5.50. The molecule has 7 nitrogen and oxygen atoms in total. The Hall–Kier alpha value is -0.280. The molecule has 0 radical (unpaired) electrons. The van der Waals surface area contributed by atoms with Crippen LogP contribution < -0.4 is 16.1 Å². The van der Waals surface area contributed by atoms with Gasteiger partial charge in [0.15, 0.2) is 0 Å². The number of ether oxygens (including phenoxy) is 1. The average molecular weight is 354 g/mol. The van der Waals surface area contributed by atoms with Gasteiger partial charge in [-0.15, -0.1) is 0 Å². The van der Waals surface area contributed by atoms with Crippen molar-refractivity contribution in [3.05, 3.63) is 0 Å². The van der Waals surface area contributed by atoms with Gasteiger partial charge < -0.3 is 10.1 Å². The molecule has 25 heavy (non-hydrogen) atoms. The van der Waals surface area contributed by atoms with E-state index >= 15 is 0 Å². The molecule has 0 aliphatic carbocycles. The maximum absolute atomic E-state index is 6.01. The second-order valence-corrected chi connectivity index (χ2v) is 8.24. The summed E-state index contributed by atoms with van der Waals surface area (Å²) >= 11 is 0. The molecule has 4 fully saturated rings. The van der Waals surface area contributed by atoms with Crippen LogP contribution in [0, 0.1) is 5.92 Å². The van der Waals surface area contributed by atoms with E-state index in [9.17, 15) is 0 Å². The predicted octanol–water partition coefficient (Wildman–Crippen LogP) is 0.294. The van der Waals surface area contributed by atoms with Crippen molar-refractivity contribution >= 4 is 0 Å². The molecule has 3 N–H and O–H groups in total. The van der Waals surface area contributed by atoms with Crippen molar-refractivity contribution in [2.75, 3.05) is 39.4 Å². The van der Waals surface area contributed by atoms with E-state index in [0.717, 1.165) is 32.8 Å². The number of rotatable bonds is 4. The summed E-state index contributed by atoms with van der Waals surface area (Å²) in [7, 11) is 0. The van der Waals surface area contributed by atoms with Crippen LogP contribution in [0.1, 0.15) is 39.5 Å². The van der Waals surface area contributed by atoms with Crippen LogP contribution >= 0.6 is 0 Å². The molecule has 7 heteroatoms. The zero-order chi connectivity index (χ0) is 17.2. The van der Waals surface area contributed by atoms with Crippen molar-refractivity contribution < 1.29 is 9.57 Å². The maximum atomic E-state index is 6.01. The third-order valence-electron chi connectivity index (χ3n) is 6.40. The fraction of sp³-hybridized carbons (Fsp3) is 1.00. The largest absolute Gasteiger partial charge is 0.379 e. The van der Waals surface area contributed by atoms with Gasteiger partial charge in [-0.3, -0.25) is 20.0 Å². The predicted molar refractivity (Wildman–Crippen MR) is 96.7 cm³/mol. The second kappa shape index (κ2) is 8.17. The summed E-state index contributed by atoms with van der Waals surface area (Å²) in [6, 6.07) is 1.08. The lowest BCUT2D eigenvalue weighted by atomic mass is 9.92. The first kappa shape index (κ1) is 18.1. The van der Waals surface area contributed by atoms with Crippen molar-refractivity contribution in [1.82, 2.24) is 25.9 Å². The smallest absolute Gasteiger partial charge is 0.146 e. The van der Waals surface area contributed by atoms with E-state index in [1.165, 1.54) is 32.2 Å². The number of morpholine rings is 1. The molecule has 4 aliphatic heterocycles. The highest BCUT2D eigenvalue weighted by Gasteiger charge is 2.41. The molecule has 0 saturated carbocycles. The lowest BCUT2D eigenvalue weighted by Gasteiger charge is -2.41. The van der Waals surface area contributed by atoms with Crippen LogP contribution in [0.5, 0.6) is 0 Å². The molecule has 5 atom stereocenters. The molecule has 0 bridgehead atoms. The fourth-order valence-electron chi connectivity index (χ4n) is 4.99. The second-order valence-electron chi connectivity index (χ2n) is 8.24. The van der Waals surface area contributed by atoms with Gasteiger partial charge in [0, 0.05) is 19.1 Å². The first-order chi connectivity index (χ1) is 12.2. The Balaban J connectivity index is 1.32. The highest BCUT2D eigenvalue weighted by atomic mass is 16.7. The van der Waals surface area contributed by atoms with Crippen LogP contribution in [0.15, 0.2) is 0 Å². The van der Waals surface area contributed by atoms with Gasteiger partial charge in [0.05, 0.1) is 31.6 Å². The Kier molecular flexibility index (Phi) is 5.91. The monoisotopic (exact) mass is 353 g/mol. The van der Waals surface area contributed by atoms with Crippen LogP contribution in [0.3, 0.4) is 0 Å². The number of piperidine rings is 1. The van der Waals surface area contributed by atoms with Crippen molar-refractivity contribution in [2.24, 2.45) is 5.92 Å². The van der Waals surface area contributed by atoms with Crippen LogP contribution in [0.2, 0.25) is 0 Å². The van der Waals surface area contributed by atoms with Gasteiger partial charge in [-0.25, -0.2) is 0 Å². The van der Waals surface area contributed by atoms with Gasteiger partial charge in [0.25, 0.3) is 0 Å². The van der Waals surface area contributed by atoms with Crippen molar-refractivity contribution in [1.29, 1.82) is 0 Å². The molecule has 0 amide bonds. The summed E-state index contributed by atoms with van der Waals surface area (Å²) in [5.74, 6) is 0.605. The summed E-state index contributed by atoms with van der Waals surface area (Å²) in [5.41, 5.74) is 3.33. The molecule has 4 rings (SSSR count). The van der Waals surface area contributed by atoms with Crippen LogP contribution in [0.4, 0.5) is 0 Å². The molecule has 4 heterocycles. The maximum Gasteiger partial charge on any atom is 0.146 e. The molecular weight excluding hydrogens is 318 g/mol. The van der Waals surface area contributed by atoms with Crippen LogP contribution in [0.25, 0.3) is 0 Å². The Morgan fingerprint density at radius 3 is 2.72 bits per heavy atom. The van der Waals surface area contributed by atoms with Crippen molar-refractivity contribution in [2.45, 2.75) is 70.2 Å². The van der Waals surface area contributed by atoms with Gasteiger partial charge in [0.1, 0.15) is 6.23 Å². The number of nitrogens with zero attached hydrogens (tertiary/aromatic N) is 2. The standard InChI is InChI=1S/C18H35N5O2/c1-13(2)23-7-3-4-15(23)18-20-17(21-25-18)14-5-6-19-16(12-14)22-8-10-24-11-9-22/h13-21H,3-12H2,1-2H3. The molecule has 5 unspecified atom stereocenters. The topological polar surface area (TPSA) is 61.0 Å². The minimum absolute atomic E-state index is 0.117. The zero-order valence-corrected chi connectivity index (χ0v) is 15.7. The molecule has 144 valence electrons. The van der Waals surface area contributed by atoms with E-state index in [1.807, 2.05) is 0 Å². The third kappa shape index (κ3) is 4.03. The molecule has 4 aliphatic rings. The Morgan fingerprint density at radius 1 is 1.08 bits per heavy atom.